The number of amides is 3. The monoisotopic (exact) mass is 346 g/mol. The zero-order chi connectivity index (χ0) is 17.5. The minimum atomic E-state index is -3.27. The SMILES string of the molecule is CC1(c2cccc3ccccc23)NC(=O)N(CCS(C)(=O)=O)C1=O. The van der Waals surface area contributed by atoms with Gasteiger partial charge in [-0.25, -0.2) is 13.2 Å². The summed E-state index contributed by atoms with van der Waals surface area (Å²) in [5.41, 5.74) is -0.518. The van der Waals surface area contributed by atoms with Crippen molar-refractivity contribution >= 4 is 32.5 Å². The van der Waals surface area contributed by atoms with Crippen LogP contribution < -0.4 is 5.32 Å². The van der Waals surface area contributed by atoms with E-state index >= 15 is 0 Å². The molecule has 0 radical (unpaired) electrons. The lowest BCUT2D eigenvalue weighted by molar-refractivity contribution is -0.130. The fourth-order valence-electron chi connectivity index (χ4n) is 3.00. The number of urea groups is 1. The van der Waals surface area contributed by atoms with Gasteiger partial charge in [0.1, 0.15) is 15.4 Å². The third-order valence-corrected chi connectivity index (χ3v) is 5.21. The summed E-state index contributed by atoms with van der Waals surface area (Å²) in [7, 11) is -3.27. The maximum absolute atomic E-state index is 12.8. The van der Waals surface area contributed by atoms with Crippen molar-refractivity contribution in [1.29, 1.82) is 0 Å². The van der Waals surface area contributed by atoms with Crippen LogP contribution in [-0.4, -0.2) is 43.8 Å². The fraction of sp³-hybridized carbons (Fsp3) is 0.294. The van der Waals surface area contributed by atoms with Gasteiger partial charge in [0.2, 0.25) is 0 Å². The van der Waals surface area contributed by atoms with Crippen LogP contribution in [0.3, 0.4) is 0 Å². The zero-order valence-electron chi connectivity index (χ0n) is 13.4. The highest BCUT2D eigenvalue weighted by Crippen LogP contribution is 2.33. The number of nitrogens with zero attached hydrogens (tertiary/aromatic N) is 1. The molecule has 0 saturated carbocycles. The second-order valence-electron chi connectivity index (χ2n) is 6.17. The first kappa shape index (κ1) is 16.4. The molecule has 3 rings (SSSR count). The number of imide groups is 1. The summed E-state index contributed by atoms with van der Waals surface area (Å²) in [4.78, 5) is 26.0. The van der Waals surface area contributed by atoms with Crippen LogP contribution in [-0.2, 0) is 20.2 Å². The van der Waals surface area contributed by atoms with Gasteiger partial charge in [0.15, 0.2) is 0 Å². The largest absolute Gasteiger partial charge is 0.325 e. The van der Waals surface area contributed by atoms with Crippen molar-refractivity contribution in [2.45, 2.75) is 12.5 Å². The van der Waals surface area contributed by atoms with Gasteiger partial charge in [-0.05, 0) is 23.3 Å². The molecular weight excluding hydrogens is 328 g/mol. The molecule has 0 aliphatic carbocycles. The summed E-state index contributed by atoms with van der Waals surface area (Å²) in [5.74, 6) is -0.690. The number of fused-ring (bicyclic) bond motifs is 1. The third kappa shape index (κ3) is 2.75. The minimum Gasteiger partial charge on any atom is -0.319 e. The topological polar surface area (TPSA) is 83.6 Å². The Labute approximate surface area is 140 Å². The number of benzene rings is 2. The number of hydrogen-bond donors (Lipinski definition) is 1. The maximum Gasteiger partial charge on any atom is 0.325 e. The predicted octanol–water partition coefficient (Wildman–Crippen LogP) is 1.65. The molecule has 24 heavy (non-hydrogen) atoms. The molecule has 126 valence electrons. The highest BCUT2D eigenvalue weighted by molar-refractivity contribution is 7.90. The van der Waals surface area contributed by atoms with Gasteiger partial charge in [0.05, 0.1) is 5.75 Å². The van der Waals surface area contributed by atoms with E-state index in [0.717, 1.165) is 21.9 Å². The van der Waals surface area contributed by atoms with E-state index in [1.165, 1.54) is 0 Å². The summed E-state index contributed by atoms with van der Waals surface area (Å²) in [6.07, 6.45) is 1.08. The van der Waals surface area contributed by atoms with Crippen molar-refractivity contribution in [3.05, 3.63) is 48.0 Å². The molecule has 1 unspecified atom stereocenters. The predicted molar refractivity (Wildman–Crippen MR) is 91.3 cm³/mol. The lowest BCUT2D eigenvalue weighted by atomic mass is 9.88. The number of carbonyl (C=O) groups excluding carboxylic acids is 2. The first-order valence-corrected chi connectivity index (χ1v) is 9.58. The van der Waals surface area contributed by atoms with Gasteiger partial charge in [-0.1, -0.05) is 42.5 Å². The van der Waals surface area contributed by atoms with Gasteiger partial charge in [-0.3, -0.25) is 9.69 Å². The summed E-state index contributed by atoms with van der Waals surface area (Å²) in [6.45, 7) is 1.50. The molecule has 3 amide bonds. The van der Waals surface area contributed by atoms with Crippen LogP contribution in [0.25, 0.3) is 10.8 Å². The lowest BCUT2D eigenvalue weighted by Gasteiger charge is -2.24. The molecule has 2 aromatic rings. The second kappa shape index (κ2) is 5.59. The molecule has 2 aromatic carbocycles. The van der Waals surface area contributed by atoms with E-state index in [1.807, 2.05) is 36.4 Å². The van der Waals surface area contributed by atoms with Crippen LogP contribution in [0.15, 0.2) is 42.5 Å². The number of rotatable bonds is 4. The fourth-order valence-corrected chi connectivity index (χ4v) is 3.52. The molecule has 6 nitrogen and oxygen atoms in total. The molecule has 7 heteroatoms. The van der Waals surface area contributed by atoms with Crippen LogP contribution in [0.1, 0.15) is 12.5 Å². The molecule has 1 aliphatic heterocycles. The molecule has 1 atom stereocenters. The van der Waals surface area contributed by atoms with Crippen molar-refractivity contribution in [3.63, 3.8) is 0 Å². The van der Waals surface area contributed by atoms with Crippen molar-refractivity contribution in [1.82, 2.24) is 10.2 Å². The highest BCUT2D eigenvalue weighted by Gasteiger charge is 2.49. The molecule has 1 heterocycles. The first-order chi connectivity index (χ1) is 11.2. The van der Waals surface area contributed by atoms with Crippen molar-refractivity contribution in [2.75, 3.05) is 18.6 Å². The van der Waals surface area contributed by atoms with Gasteiger partial charge in [0.25, 0.3) is 5.91 Å². The normalized spacial score (nSPS) is 21.3. The molecule has 1 N–H and O–H groups in total. The van der Waals surface area contributed by atoms with Crippen molar-refractivity contribution < 1.29 is 18.0 Å². The third-order valence-electron chi connectivity index (χ3n) is 4.29. The Balaban J connectivity index is 2.01. The average Bonchev–Trinajstić information content (AvgIpc) is 2.74. The standard InChI is InChI=1S/C17H18N2O4S/c1-17(14-9-5-7-12-6-3-4-8-13(12)14)15(20)19(16(21)18-17)10-11-24(2,22)23/h3-9H,10-11H2,1-2H3,(H,18,21). The number of hydrogen-bond acceptors (Lipinski definition) is 4. The summed E-state index contributed by atoms with van der Waals surface area (Å²) in [6, 6.07) is 12.6. The zero-order valence-corrected chi connectivity index (χ0v) is 14.3. The van der Waals surface area contributed by atoms with Crippen LogP contribution in [0.4, 0.5) is 4.79 Å². The Morgan fingerprint density at radius 2 is 1.75 bits per heavy atom. The Bertz CT molecular complexity index is 933. The quantitative estimate of drug-likeness (QED) is 0.853. The lowest BCUT2D eigenvalue weighted by Crippen LogP contribution is -2.41. The molecule has 1 aliphatic rings. The van der Waals surface area contributed by atoms with E-state index in [0.29, 0.717) is 5.56 Å². The van der Waals surface area contributed by atoms with E-state index in [1.54, 1.807) is 13.0 Å². The number of sulfone groups is 1. The Morgan fingerprint density at radius 3 is 2.46 bits per heavy atom. The first-order valence-electron chi connectivity index (χ1n) is 7.52. The van der Waals surface area contributed by atoms with Crippen molar-refractivity contribution in [2.24, 2.45) is 0 Å². The van der Waals surface area contributed by atoms with Gasteiger partial charge < -0.3 is 5.32 Å². The highest BCUT2D eigenvalue weighted by atomic mass is 32.2. The van der Waals surface area contributed by atoms with Crippen LogP contribution in [0.2, 0.25) is 0 Å². The van der Waals surface area contributed by atoms with Gasteiger partial charge in [0, 0.05) is 12.8 Å². The number of carbonyl (C=O) groups is 2. The molecule has 0 spiro atoms. The van der Waals surface area contributed by atoms with E-state index in [2.05, 4.69) is 5.32 Å². The Hall–Kier alpha value is -2.41. The average molecular weight is 346 g/mol. The van der Waals surface area contributed by atoms with E-state index in [9.17, 15) is 18.0 Å². The van der Waals surface area contributed by atoms with Crippen molar-refractivity contribution in [3.8, 4) is 0 Å². The van der Waals surface area contributed by atoms with Gasteiger partial charge in [-0.2, -0.15) is 0 Å². The molecule has 1 fully saturated rings. The van der Waals surface area contributed by atoms with E-state index in [-0.39, 0.29) is 12.3 Å². The summed E-state index contributed by atoms with van der Waals surface area (Å²) in [5, 5.41) is 4.56. The molecular formula is C17H18N2O4S. The molecule has 0 aromatic heterocycles. The second-order valence-corrected chi connectivity index (χ2v) is 8.43. The van der Waals surface area contributed by atoms with Gasteiger partial charge >= 0.3 is 6.03 Å². The Morgan fingerprint density at radius 1 is 1.08 bits per heavy atom. The summed E-state index contributed by atoms with van der Waals surface area (Å²) < 4.78 is 22.7. The van der Waals surface area contributed by atoms with Crippen LogP contribution >= 0.6 is 0 Å². The minimum absolute atomic E-state index is 0.149. The molecule has 0 bridgehead atoms. The Kier molecular flexibility index (Phi) is 3.83. The van der Waals surface area contributed by atoms with E-state index < -0.39 is 27.3 Å². The molecule has 1 saturated heterocycles. The van der Waals surface area contributed by atoms with Crippen LogP contribution in [0, 0.1) is 0 Å². The van der Waals surface area contributed by atoms with E-state index in [4.69, 9.17) is 0 Å². The number of nitrogens with one attached hydrogen (secondary N) is 1. The smallest absolute Gasteiger partial charge is 0.319 e. The summed E-state index contributed by atoms with van der Waals surface area (Å²) >= 11 is 0. The van der Waals surface area contributed by atoms with Gasteiger partial charge in [-0.15, -0.1) is 0 Å². The van der Waals surface area contributed by atoms with Crippen LogP contribution in [0.5, 0.6) is 0 Å². The maximum atomic E-state index is 12.8.